The van der Waals surface area contributed by atoms with E-state index in [-0.39, 0.29) is 23.9 Å². The number of esters is 1. The number of hydrogen-bond donors (Lipinski definition) is 0. The van der Waals surface area contributed by atoms with Crippen molar-refractivity contribution in [2.45, 2.75) is 11.8 Å². The molecule has 0 aromatic carbocycles. The highest BCUT2D eigenvalue weighted by Crippen LogP contribution is 2.20. The van der Waals surface area contributed by atoms with E-state index in [4.69, 9.17) is 4.74 Å². The van der Waals surface area contributed by atoms with Crippen LogP contribution in [-0.2, 0) is 19.4 Å². The maximum absolute atomic E-state index is 11.6. The molecule has 0 amide bonds. The van der Waals surface area contributed by atoms with Gasteiger partial charge in [-0.3, -0.25) is 4.79 Å². The van der Waals surface area contributed by atoms with Gasteiger partial charge in [-0.05, 0) is 19.1 Å². The van der Waals surface area contributed by atoms with Crippen LogP contribution in [0.4, 0.5) is 5.82 Å². The van der Waals surface area contributed by atoms with E-state index in [0.717, 1.165) is 6.26 Å². The standard InChI is InChI=1S/C11H16N2O4S/c1-4-17-10(14)8-13(2)11-9(18(3,15)16)6-5-7-12-11/h5-7H,4,8H2,1-3H3. The molecule has 0 aliphatic heterocycles. The van der Waals surface area contributed by atoms with Crippen molar-refractivity contribution in [2.75, 3.05) is 31.4 Å². The van der Waals surface area contributed by atoms with Gasteiger partial charge < -0.3 is 9.64 Å². The maximum atomic E-state index is 11.6. The summed E-state index contributed by atoms with van der Waals surface area (Å²) in [6, 6.07) is 3.00. The van der Waals surface area contributed by atoms with Crippen LogP contribution in [-0.4, -0.2) is 45.8 Å². The SMILES string of the molecule is CCOC(=O)CN(C)c1ncccc1S(C)(=O)=O. The first-order valence-corrected chi connectivity index (χ1v) is 7.27. The molecule has 100 valence electrons. The van der Waals surface area contributed by atoms with Crippen molar-refractivity contribution in [2.24, 2.45) is 0 Å². The Morgan fingerprint density at radius 3 is 2.72 bits per heavy atom. The van der Waals surface area contributed by atoms with Crippen LogP contribution in [0.1, 0.15) is 6.92 Å². The number of nitrogens with zero attached hydrogens (tertiary/aromatic N) is 2. The van der Waals surface area contributed by atoms with Crippen molar-refractivity contribution in [3.8, 4) is 0 Å². The third-order valence-corrected chi connectivity index (χ3v) is 3.30. The molecule has 0 radical (unpaired) electrons. The number of hydrogen-bond acceptors (Lipinski definition) is 6. The number of anilines is 1. The van der Waals surface area contributed by atoms with Crippen molar-refractivity contribution in [3.63, 3.8) is 0 Å². The molecule has 0 bridgehead atoms. The Labute approximate surface area is 107 Å². The second-order valence-electron chi connectivity index (χ2n) is 3.76. The predicted octanol–water partition coefficient (Wildman–Crippen LogP) is 0.484. The first-order valence-electron chi connectivity index (χ1n) is 5.38. The number of pyridine rings is 1. The van der Waals surface area contributed by atoms with Gasteiger partial charge >= 0.3 is 5.97 Å². The second kappa shape index (κ2) is 5.81. The summed E-state index contributed by atoms with van der Waals surface area (Å²) in [7, 11) is -1.79. The summed E-state index contributed by atoms with van der Waals surface area (Å²) < 4.78 is 28.0. The van der Waals surface area contributed by atoms with Crippen molar-refractivity contribution < 1.29 is 17.9 Å². The zero-order valence-electron chi connectivity index (χ0n) is 10.6. The Morgan fingerprint density at radius 2 is 2.17 bits per heavy atom. The highest BCUT2D eigenvalue weighted by Gasteiger charge is 2.18. The zero-order valence-corrected chi connectivity index (χ0v) is 11.4. The highest BCUT2D eigenvalue weighted by molar-refractivity contribution is 7.90. The first-order chi connectivity index (χ1) is 8.36. The second-order valence-corrected chi connectivity index (χ2v) is 5.74. The van der Waals surface area contributed by atoms with Gasteiger partial charge in [0.25, 0.3) is 0 Å². The van der Waals surface area contributed by atoms with Gasteiger partial charge in [0.2, 0.25) is 0 Å². The van der Waals surface area contributed by atoms with E-state index in [2.05, 4.69) is 4.98 Å². The Kier molecular flexibility index (Phi) is 4.66. The molecule has 0 N–H and O–H groups in total. The third-order valence-electron chi connectivity index (χ3n) is 2.18. The molecule has 0 aliphatic carbocycles. The lowest BCUT2D eigenvalue weighted by atomic mass is 10.4. The summed E-state index contributed by atoms with van der Waals surface area (Å²) in [6.45, 7) is 1.95. The minimum atomic E-state index is -3.38. The Hall–Kier alpha value is -1.63. The van der Waals surface area contributed by atoms with E-state index in [1.54, 1.807) is 14.0 Å². The lowest BCUT2D eigenvalue weighted by Gasteiger charge is -2.19. The predicted molar refractivity (Wildman–Crippen MR) is 67.2 cm³/mol. The minimum absolute atomic E-state index is 0.0482. The summed E-state index contributed by atoms with van der Waals surface area (Å²) in [5.74, 6) is -0.182. The molecule has 1 heterocycles. The normalized spacial score (nSPS) is 11.1. The number of likely N-dealkylation sites (N-methyl/N-ethyl adjacent to an activating group) is 1. The van der Waals surface area contributed by atoms with Crippen molar-refractivity contribution in [1.29, 1.82) is 0 Å². The number of aromatic nitrogens is 1. The van der Waals surface area contributed by atoms with E-state index in [1.807, 2.05) is 0 Å². The van der Waals surface area contributed by atoms with Crippen LogP contribution in [0, 0.1) is 0 Å². The molecule has 6 nitrogen and oxygen atoms in total. The molecule has 7 heteroatoms. The molecule has 0 spiro atoms. The van der Waals surface area contributed by atoms with Gasteiger partial charge in [-0.1, -0.05) is 0 Å². The lowest BCUT2D eigenvalue weighted by molar-refractivity contribution is -0.141. The topological polar surface area (TPSA) is 76.6 Å². The van der Waals surface area contributed by atoms with E-state index < -0.39 is 15.8 Å². The highest BCUT2D eigenvalue weighted by atomic mass is 32.2. The van der Waals surface area contributed by atoms with Gasteiger partial charge in [0.1, 0.15) is 17.3 Å². The number of carbonyl (C=O) groups excluding carboxylic acids is 1. The van der Waals surface area contributed by atoms with Crippen LogP contribution in [0.5, 0.6) is 0 Å². The lowest BCUT2D eigenvalue weighted by Crippen LogP contribution is -2.29. The largest absolute Gasteiger partial charge is 0.465 e. The molecule has 1 aromatic heterocycles. The molecule has 18 heavy (non-hydrogen) atoms. The zero-order chi connectivity index (χ0) is 13.8. The van der Waals surface area contributed by atoms with E-state index in [9.17, 15) is 13.2 Å². The van der Waals surface area contributed by atoms with E-state index in [1.165, 1.54) is 23.2 Å². The number of sulfone groups is 1. The van der Waals surface area contributed by atoms with Gasteiger partial charge in [0.15, 0.2) is 9.84 Å². The molecule has 1 rings (SSSR count). The summed E-state index contributed by atoms with van der Waals surface area (Å²) in [5.41, 5.74) is 0. The Balaban J connectivity index is 3.00. The molecular weight excluding hydrogens is 256 g/mol. The molecule has 0 unspecified atom stereocenters. The Morgan fingerprint density at radius 1 is 1.50 bits per heavy atom. The molecule has 0 atom stereocenters. The number of rotatable bonds is 5. The van der Waals surface area contributed by atoms with Crippen LogP contribution < -0.4 is 4.90 Å². The van der Waals surface area contributed by atoms with Crippen LogP contribution in [0.15, 0.2) is 23.2 Å². The average molecular weight is 272 g/mol. The maximum Gasteiger partial charge on any atom is 0.325 e. The molecule has 0 saturated heterocycles. The number of carbonyl (C=O) groups is 1. The van der Waals surface area contributed by atoms with E-state index in [0.29, 0.717) is 0 Å². The van der Waals surface area contributed by atoms with Crippen LogP contribution in [0.25, 0.3) is 0 Å². The molecule has 0 aliphatic rings. The Bertz CT molecular complexity index is 528. The van der Waals surface area contributed by atoms with Gasteiger partial charge in [-0.15, -0.1) is 0 Å². The van der Waals surface area contributed by atoms with Crippen LogP contribution in [0.2, 0.25) is 0 Å². The van der Waals surface area contributed by atoms with Gasteiger partial charge in [0, 0.05) is 19.5 Å². The van der Waals surface area contributed by atoms with Crippen molar-refractivity contribution in [1.82, 2.24) is 4.98 Å². The summed E-state index contributed by atoms with van der Waals surface area (Å²) >= 11 is 0. The smallest absolute Gasteiger partial charge is 0.325 e. The fraction of sp³-hybridized carbons (Fsp3) is 0.455. The summed E-state index contributed by atoms with van der Waals surface area (Å²) in [6.07, 6.45) is 2.58. The molecule has 0 saturated carbocycles. The summed E-state index contributed by atoms with van der Waals surface area (Å²) in [4.78, 5) is 16.9. The van der Waals surface area contributed by atoms with E-state index >= 15 is 0 Å². The minimum Gasteiger partial charge on any atom is -0.465 e. The number of ether oxygens (including phenoxy) is 1. The molecular formula is C11H16N2O4S. The summed E-state index contributed by atoms with van der Waals surface area (Å²) in [5, 5.41) is 0. The van der Waals surface area contributed by atoms with Crippen LogP contribution >= 0.6 is 0 Å². The van der Waals surface area contributed by atoms with Gasteiger partial charge in [-0.25, -0.2) is 13.4 Å². The fourth-order valence-corrected chi connectivity index (χ4v) is 2.30. The van der Waals surface area contributed by atoms with Crippen molar-refractivity contribution >= 4 is 21.6 Å². The quantitative estimate of drug-likeness (QED) is 0.726. The van der Waals surface area contributed by atoms with Gasteiger partial charge in [0.05, 0.1) is 6.61 Å². The third kappa shape index (κ3) is 3.69. The fourth-order valence-electron chi connectivity index (χ4n) is 1.43. The monoisotopic (exact) mass is 272 g/mol. The van der Waals surface area contributed by atoms with Crippen molar-refractivity contribution in [3.05, 3.63) is 18.3 Å². The van der Waals surface area contributed by atoms with Crippen LogP contribution in [0.3, 0.4) is 0 Å². The van der Waals surface area contributed by atoms with Gasteiger partial charge in [-0.2, -0.15) is 0 Å². The molecule has 1 aromatic rings. The first kappa shape index (κ1) is 14.4. The average Bonchev–Trinajstić information content (AvgIpc) is 2.28. The molecule has 0 fully saturated rings.